The van der Waals surface area contributed by atoms with Crippen molar-refractivity contribution >= 4 is 5.91 Å². The van der Waals surface area contributed by atoms with Crippen LogP contribution in [0.3, 0.4) is 0 Å². The lowest BCUT2D eigenvalue weighted by Crippen LogP contribution is -2.37. The number of likely N-dealkylation sites (tertiary alicyclic amines) is 1. The molecule has 114 valence electrons. The molecule has 3 rings (SSSR count). The lowest BCUT2D eigenvalue weighted by Gasteiger charge is -2.25. The van der Waals surface area contributed by atoms with Gasteiger partial charge in [-0.3, -0.25) is 4.79 Å². The monoisotopic (exact) mass is 293 g/mol. The Balaban J connectivity index is 1.64. The molecule has 1 unspecified atom stereocenters. The zero-order valence-corrected chi connectivity index (χ0v) is 13.2. The summed E-state index contributed by atoms with van der Waals surface area (Å²) in [5.74, 6) is 0.266. The number of hydrogen-bond donors (Lipinski definition) is 0. The van der Waals surface area contributed by atoms with E-state index < -0.39 is 0 Å². The van der Waals surface area contributed by atoms with Gasteiger partial charge in [0.25, 0.3) is 0 Å². The van der Waals surface area contributed by atoms with E-state index in [2.05, 4.69) is 60.4 Å². The van der Waals surface area contributed by atoms with E-state index in [-0.39, 0.29) is 5.91 Å². The number of carbonyl (C=O) groups is 1. The normalized spacial score (nSPS) is 17.7. The van der Waals surface area contributed by atoms with Gasteiger partial charge in [0.1, 0.15) is 0 Å². The standard InChI is InChI=1S/C20H23NO/c1-16-9-11-18(12-10-16)15-20(22)21-13-5-8-19(21)14-17-6-3-2-4-7-17/h2-4,6-7,9-12,19H,5,8,13-15H2,1H3. The number of amides is 1. The van der Waals surface area contributed by atoms with Gasteiger partial charge in [-0.25, -0.2) is 0 Å². The number of benzene rings is 2. The van der Waals surface area contributed by atoms with Crippen molar-refractivity contribution in [2.75, 3.05) is 6.54 Å². The van der Waals surface area contributed by atoms with Crippen molar-refractivity contribution in [3.63, 3.8) is 0 Å². The second-order valence-corrected chi connectivity index (χ2v) is 6.24. The highest BCUT2D eigenvalue weighted by atomic mass is 16.2. The molecule has 2 nitrogen and oxygen atoms in total. The van der Waals surface area contributed by atoms with Gasteiger partial charge < -0.3 is 4.90 Å². The Kier molecular flexibility index (Phi) is 4.57. The topological polar surface area (TPSA) is 20.3 Å². The summed E-state index contributed by atoms with van der Waals surface area (Å²) in [7, 11) is 0. The van der Waals surface area contributed by atoms with Gasteiger partial charge >= 0.3 is 0 Å². The van der Waals surface area contributed by atoms with Gasteiger partial charge in [0.05, 0.1) is 6.42 Å². The van der Waals surface area contributed by atoms with Crippen LogP contribution in [-0.4, -0.2) is 23.4 Å². The molecule has 1 amide bonds. The summed E-state index contributed by atoms with van der Waals surface area (Å²) < 4.78 is 0. The molecule has 0 bridgehead atoms. The Bertz CT molecular complexity index is 618. The van der Waals surface area contributed by atoms with Crippen molar-refractivity contribution in [2.45, 2.75) is 38.6 Å². The first-order valence-electron chi connectivity index (χ1n) is 8.11. The van der Waals surface area contributed by atoms with E-state index in [9.17, 15) is 4.79 Å². The summed E-state index contributed by atoms with van der Waals surface area (Å²) >= 11 is 0. The smallest absolute Gasteiger partial charge is 0.227 e. The fraction of sp³-hybridized carbons (Fsp3) is 0.350. The molecule has 0 aromatic heterocycles. The molecule has 1 aliphatic heterocycles. The second-order valence-electron chi connectivity index (χ2n) is 6.24. The SMILES string of the molecule is Cc1ccc(CC(=O)N2CCCC2Cc2ccccc2)cc1. The van der Waals surface area contributed by atoms with Crippen molar-refractivity contribution in [3.05, 3.63) is 71.3 Å². The lowest BCUT2D eigenvalue weighted by molar-refractivity contribution is -0.131. The van der Waals surface area contributed by atoms with E-state index in [1.807, 2.05) is 6.07 Å². The molecule has 2 aromatic rings. The maximum atomic E-state index is 12.6. The third kappa shape index (κ3) is 3.56. The van der Waals surface area contributed by atoms with Gasteiger partial charge in [-0.15, -0.1) is 0 Å². The molecule has 22 heavy (non-hydrogen) atoms. The summed E-state index contributed by atoms with van der Waals surface area (Å²) in [4.78, 5) is 14.7. The van der Waals surface area contributed by atoms with Crippen LogP contribution in [0.15, 0.2) is 54.6 Å². The van der Waals surface area contributed by atoms with Crippen LogP contribution in [0.4, 0.5) is 0 Å². The number of hydrogen-bond acceptors (Lipinski definition) is 1. The largest absolute Gasteiger partial charge is 0.339 e. The first-order valence-corrected chi connectivity index (χ1v) is 8.11. The van der Waals surface area contributed by atoms with Crippen molar-refractivity contribution in [3.8, 4) is 0 Å². The highest BCUT2D eigenvalue weighted by molar-refractivity contribution is 5.79. The van der Waals surface area contributed by atoms with Crippen LogP contribution >= 0.6 is 0 Å². The first-order chi connectivity index (χ1) is 10.7. The Hall–Kier alpha value is -2.09. The number of carbonyl (C=O) groups excluding carboxylic acids is 1. The predicted octanol–water partition coefficient (Wildman–Crippen LogP) is 3.77. The fourth-order valence-corrected chi connectivity index (χ4v) is 3.24. The Morgan fingerprint density at radius 2 is 1.77 bits per heavy atom. The zero-order chi connectivity index (χ0) is 15.4. The van der Waals surface area contributed by atoms with Gasteiger partial charge in [-0.2, -0.15) is 0 Å². The van der Waals surface area contributed by atoms with E-state index >= 15 is 0 Å². The Morgan fingerprint density at radius 1 is 1.05 bits per heavy atom. The maximum Gasteiger partial charge on any atom is 0.227 e. The fourth-order valence-electron chi connectivity index (χ4n) is 3.24. The molecular weight excluding hydrogens is 270 g/mol. The second kappa shape index (κ2) is 6.78. The molecule has 0 spiro atoms. The highest BCUT2D eigenvalue weighted by Gasteiger charge is 2.28. The van der Waals surface area contributed by atoms with E-state index in [1.54, 1.807) is 0 Å². The minimum absolute atomic E-state index is 0.266. The quantitative estimate of drug-likeness (QED) is 0.840. The van der Waals surface area contributed by atoms with E-state index in [4.69, 9.17) is 0 Å². The van der Waals surface area contributed by atoms with Gasteiger partial charge in [0.15, 0.2) is 0 Å². The van der Waals surface area contributed by atoms with Gasteiger partial charge in [0, 0.05) is 12.6 Å². The van der Waals surface area contributed by atoms with Crippen LogP contribution < -0.4 is 0 Å². The minimum atomic E-state index is 0.266. The van der Waals surface area contributed by atoms with Crippen LogP contribution in [0.25, 0.3) is 0 Å². The predicted molar refractivity (Wildman–Crippen MR) is 89.8 cm³/mol. The Labute approximate surface area is 132 Å². The molecule has 1 fully saturated rings. The molecule has 1 saturated heterocycles. The van der Waals surface area contributed by atoms with Crippen LogP contribution in [-0.2, 0) is 17.6 Å². The number of nitrogens with zero attached hydrogens (tertiary/aromatic N) is 1. The molecule has 2 aromatic carbocycles. The van der Waals surface area contributed by atoms with Gasteiger partial charge in [-0.05, 0) is 37.3 Å². The molecule has 1 atom stereocenters. The van der Waals surface area contributed by atoms with Gasteiger partial charge in [-0.1, -0.05) is 60.2 Å². The van der Waals surface area contributed by atoms with Gasteiger partial charge in [0.2, 0.25) is 5.91 Å². The number of rotatable bonds is 4. The lowest BCUT2D eigenvalue weighted by atomic mass is 10.0. The average Bonchev–Trinajstić information content (AvgIpc) is 2.99. The van der Waals surface area contributed by atoms with Crippen molar-refractivity contribution in [1.29, 1.82) is 0 Å². The summed E-state index contributed by atoms with van der Waals surface area (Å²) in [6, 6.07) is 19.1. The van der Waals surface area contributed by atoms with Crippen LogP contribution in [0.1, 0.15) is 29.5 Å². The minimum Gasteiger partial charge on any atom is -0.339 e. The van der Waals surface area contributed by atoms with Crippen LogP contribution in [0.2, 0.25) is 0 Å². The molecule has 0 saturated carbocycles. The molecule has 1 heterocycles. The molecule has 0 radical (unpaired) electrons. The third-order valence-electron chi connectivity index (χ3n) is 4.49. The van der Waals surface area contributed by atoms with E-state index in [1.165, 1.54) is 11.1 Å². The highest BCUT2D eigenvalue weighted by Crippen LogP contribution is 2.22. The van der Waals surface area contributed by atoms with Crippen LogP contribution in [0.5, 0.6) is 0 Å². The Morgan fingerprint density at radius 3 is 2.50 bits per heavy atom. The summed E-state index contributed by atoms with van der Waals surface area (Å²) in [6.07, 6.45) is 3.73. The molecular formula is C20H23NO. The molecule has 1 aliphatic rings. The summed E-state index contributed by atoms with van der Waals surface area (Å²) in [5.41, 5.74) is 3.67. The molecule has 2 heteroatoms. The van der Waals surface area contributed by atoms with E-state index in [0.717, 1.165) is 31.4 Å². The first kappa shape index (κ1) is 14.8. The average molecular weight is 293 g/mol. The van der Waals surface area contributed by atoms with Crippen LogP contribution in [0, 0.1) is 6.92 Å². The summed E-state index contributed by atoms with van der Waals surface area (Å²) in [5, 5.41) is 0. The van der Waals surface area contributed by atoms with E-state index in [0.29, 0.717) is 12.5 Å². The third-order valence-corrected chi connectivity index (χ3v) is 4.49. The summed E-state index contributed by atoms with van der Waals surface area (Å²) in [6.45, 7) is 2.98. The van der Waals surface area contributed by atoms with Crippen molar-refractivity contribution in [2.24, 2.45) is 0 Å². The number of aryl methyl sites for hydroxylation is 1. The molecule has 0 aliphatic carbocycles. The van der Waals surface area contributed by atoms with Crippen molar-refractivity contribution < 1.29 is 4.79 Å². The zero-order valence-electron chi connectivity index (χ0n) is 13.2. The van der Waals surface area contributed by atoms with Crippen molar-refractivity contribution in [1.82, 2.24) is 4.90 Å². The molecule has 0 N–H and O–H groups in total. The maximum absolute atomic E-state index is 12.6.